The van der Waals surface area contributed by atoms with Crippen LogP contribution in [-0.2, 0) is 0 Å². The number of hydrogen-bond acceptors (Lipinski definition) is 2. The Balaban J connectivity index is 2.82. The van der Waals surface area contributed by atoms with Crippen molar-refractivity contribution in [3.05, 3.63) is 17.1 Å². The van der Waals surface area contributed by atoms with Crippen LogP contribution < -0.4 is 0 Å². The first-order chi connectivity index (χ1) is 3.91. The SMILES string of the molecule is C/C=C/CCCN=O. The van der Waals surface area contributed by atoms with E-state index in [1.165, 1.54) is 0 Å². The lowest BCUT2D eigenvalue weighted by molar-refractivity contribution is 0.850. The molecule has 0 saturated heterocycles. The zero-order valence-electron chi connectivity index (χ0n) is 5.13. The first-order valence-corrected chi connectivity index (χ1v) is 2.82. The minimum atomic E-state index is 0.449. The molecule has 0 rings (SSSR count). The third-order valence-corrected chi connectivity index (χ3v) is 0.856. The third-order valence-electron chi connectivity index (χ3n) is 0.856. The highest BCUT2D eigenvalue weighted by Crippen LogP contribution is 1.89. The molecule has 0 spiro atoms. The summed E-state index contributed by atoms with van der Waals surface area (Å²) in [4.78, 5) is 9.49. The first kappa shape index (κ1) is 7.34. The highest BCUT2D eigenvalue weighted by Gasteiger charge is 1.78. The third kappa shape index (κ3) is 5.34. The molecule has 0 amide bonds. The van der Waals surface area contributed by atoms with E-state index in [1.807, 2.05) is 19.1 Å². The van der Waals surface area contributed by atoms with Gasteiger partial charge in [0, 0.05) is 0 Å². The van der Waals surface area contributed by atoms with E-state index in [4.69, 9.17) is 0 Å². The maximum atomic E-state index is 9.49. The number of allylic oxidation sites excluding steroid dienone is 2. The number of nitrogens with zero attached hydrogens (tertiary/aromatic N) is 1. The summed E-state index contributed by atoms with van der Waals surface area (Å²) in [6.45, 7) is 2.42. The summed E-state index contributed by atoms with van der Waals surface area (Å²) < 4.78 is 0. The zero-order valence-corrected chi connectivity index (χ0v) is 5.13. The largest absolute Gasteiger partial charge is 0.151 e. The molecule has 0 aliphatic heterocycles. The van der Waals surface area contributed by atoms with Gasteiger partial charge in [0.25, 0.3) is 0 Å². The lowest BCUT2D eigenvalue weighted by atomic mass is 10.3. The molecule has 0 N–H and O–H groups in total. The van der Waals surface area contributed by atoms with Gasteiger partial charge in [0.15, 0.2) is 0 Å². The molecule has 0 aromatic rings. The number of rotatable bonds is 4. The number of unbranched alkanes of at least 4 members (excludes halogenated alkanes) is 1. The second-order valence-corrected chi connectivity index (χ2v) is 1.56. The van der Waals surface area contributed by atoms with Gasteiger partial charge in [-0.15, -0.1) is 0 Å². The van der Waals surface area contributed by atoms with Crippen molar-refractivity contribution in [3.8, 4) is 0 Å². The van der Waals surface area contributed by atoms with Crippen molar-refractivity contribution in [2.75, 3.05) is 6.54 Å². The second-order valence-electron chi connectivity index (χ2n) is 1.56. The summed E-state index contributed by atoms with van der Waals surface area (Å²) in [6.07, 6.45) is 5.87. The van der Waals surface area contributed by atoms with E-state index in [1.54, 1.807) is 0 Å². The van der Waals surface area contributed by atoms with E-state index in [-0.39, 0.29) is 0 Å². The minimum Gasteiger partial charge on any atom is -0.151 e. The monoisotopic (exact) mass is 113 g/mol. The Labute approximate surface area is 49.6 Å². The van der Waals surface area contributed by atoms with E-state index in [0.29, 0.717) is 6.54 Å². The van der Waals surface area contributed by atoms with E-state index in [0.717, 1.165) is 12.8 Å². The Hall–Kier alpha value is -0.660. The van der Waals surface area contributed by atoms with Crippen LogP contribution in [0.3, 0.4) is 0 Å². The van der Waals surface area contributed by atoms with Gasteiger partial charge in [-0.05, 0) is 19.8 Å². The fraction of sp³-hybridized carbons (Fsp3) is 0.667. The highest BCUT2D eigenvalue weighted by atomic mass is 16.3. The predicted molar refractivity (Wildman–Crippen MR) is 34.7 cm³/mol. The lowest BCUT2D eigenvalue weighted by Gasteiger charge is -1.82. The zero-order chi connectivity index (χ0) is 6.24. The summed E-state index contributed by atoms with van der Waals surface area (Å²) in [5, 5.41) is 2.72. The van der Waals surface area contributed by atoms with Gasteiger partial charge in [-0.1, -0.05) is 17.3 Å². The Morgan fingerprint density at radius 3 is 2.88 bits per heavy atom. The van der Waals surface area contributed by atoms with Gasteiger partial charge in [0.2, 0.25) is 0 Å². The smallest absolute Gasteiger partial charge is 0.0814 e. The van der Waals surface area contributed by atoms with Crippen LogP contribution in [0.4, 0.5) is 0 Å². The normalized spacial score (nSPS) is 10.1. The van der Waals surface area contributed by atoms with E-state index in [9.17, 15) is 4.91 Å². The van der Waals surface area contributed by atoms with Crippen LogP contribution in [0.1, 0.15) is 19.8 Å². The summed E-state index contributed by atoms with van der Waals surface area (Å²) in [5.41, 5.74) is 0. The molecule has 0 bridgehead atoms. The van der Waals surface area contributed by atoms with Crippen molar-refractivity contribution < 1.29 is 0 Å². The summed E-state index contributed by atoms with van der Waals surface area (Å²) in [7, 11) is 0. The molecular formula is C6H11NO. The second kappa shape index (κ2) is 6.34. The Bertz CT molecular complexity index is 78.6. The van der Waals surface area contributed by atoms with Crippen molar-refractivity contribution in [2.45, 2.75) is 19.8 Å². The van der Waals surface area contributed by atoms with Crippen molar-refractivity contribution in [2.24, 2.45) is 5.18 Å². The van der Waals surface area contributed by atoms with Gasteiger partial charge in [0.1, 0.15) is 0 Å². The van der Waals surface area contributed by atoms with Crippen LogP contribution >= 0.6 is 0 Å². The Kier molecular flexibility index (Phi) is 5.82. The molecule has 0 unspecified atom stereocenters. The molecule has 0 aliphatic carbocycles. The molecular weight excluding hydrogens is 102 g/mol. The summed E-state index contributed by atoms with van der Waals surface area (Å²) >= 11 is 0. The molecule has 0 fully saturated rings. The molecule has 0 aromatic carbocycles. The van der Waals surface area contributed by atoms with Gasteiger partial charge < -0.3 is 0 Å². The molecule has 0 aliphatic rings. The van der Waals surface area contributed by atoms with Crippen molar-refractivity contribution in [1.29, 1.82) is 0 Å². The van der Waals surface area contributed by atoms with Gasteiger partial charge >= 0.3 is 0 Å². The number of hydrogen-bond donors (Lipinski definition) is 0. The van der Waals surface area contributed by atoms with E-state index < -0.39 is 0 Å². The van der Waals surface area contributed by atoms with Crippen LogP contribution in [0.5, 0.6) is 0 Å². The maximum absolute atomic E-state index is 9.49. The molecule has 0 radical (unpaired) electrons. The Morgan fingerprint density at radius 2 is 2.38 bits per heavy atom. The first-order valence-electron chi connectivity index (χ1n) is 2.82. The van der Waals surface area contributed by atoms with Gasteiger partial charge in [-0.25, -0.2) is 0 Å². The molecule has 8 heavy (non-hydrogen) atoms. The van der Waals surface area contributed by atoms with Crippen molar-refractivity contribution in [3.63, 3.8) is 0 Å². The molecule has 2 heteroatoms. The Morgan fingerprint density at radius 1 is 1.62 bits per heavy atom. The van der Waals surface area contributed by atoms with Crippen LogP contribution in [0.25, 0.3) is 0 Å². The van der Waals surface area contributed by atoms with Gasteiger partial charge in [-0.3, -0.25) is 0 Å². The molecule has 0 heterocycles. The van der Waals surface area contributed by atoms with Gasteiger partial charge in [0.05, 0.1) is 6.54 Å². The lowest BCUT2D eigenvalue weighted by Crippen LogP contribution is -1.74. The van der Waals surface area contributed by atoms with Crippen LogP contribution in [0, 0.1) is 4.91 Å². The van der Waals surface area contributed by atoms with Crippen molar-refractivity contribution in [1.82, 2.24) is 0 Å². The standard InChI is InChI=1S/C6H11NO/c1-2-3-4-5-6-7-8/h2-3H,4-6H2,1H3/b3-2+. The number of nitroso groups, excluding NO2 is 1. The van der Waals surface area contributed by atoms with Gasteiger partial charge in [-0.2, -0.15) is 4.91 Å². The summed E-state index contributed by atoms with van der Waals surface area (Å²) in [6, 6.07) is 0. The van der Waals surface area contributed by atoms with Crippen LogP contribution in [0.15, 0.2) is 17.3 Å². The van der Waals surface area contributed by atoms with Crippen LogP contribution in [0.2, 0.25) is 0 Å². The van der Waals surface area contributed by atoms with E-state index in [2.05, 4.69) is 5.18 Å². The molecule has 46 valence electrons. The maximum Gasteiger partial charge on any atom is 0.0814 e. The summed E-state index contributed by atoms with van der Waals surface area (Å²) in [5.74, 6) is 0. The molecule has 0 atom stereocenters. The van der Waals surface area contributed by atoms with Crippen LogP contribution in [-0.4, -0.2) is 6.54 Å². The molecule has 0 aromatic heterocycles. The fourth-order valence-corrected chi connectivity index (χ4v) is 0.440. The van der Waals surface area contributed by atoms with Crippen molar-refractivity contribution >= 4 is 0 Å². The average molecular weight is 113 g/mol. The fourth-order valence-electron chi connectivity index (χ4n) is 0.440. The topological polar surface area (TPSA) is 29.4 Å². The minimum absolute atomic E-state index is 0.449. The predicted octanol–water partition coefficient (Wildman–Crippen LogP) is 2.11. The molecule has 0 saturated carbocycles. The van der Waals surface area contributed by atoms with E-state index >= 15 is 0 Å². The average Bonchev–Trinajstić information content (AvgIpc) is 1.81. The molecule has 2 nitrogen and oxygen atoms in total. The quantitative estimate of drug-likeness (QED) is 0.312. The highest BCUT2D eigenvalue weighted by molar-refractivity contribution is 4.76.